The third kappa shape index (κ3) is 6.12. The maximum atomic E-state index is 12.2. The molecule has 2 saturated carbocycles. The molecular formula is C27H39ClO2S. The molecule has 2 nitrogen and oxygen atoms in total. The lowest BCUT2D eigenvalue weighted by atomic mass is 9.63. The molecule has 31 heavy (non-hydrogen) atoms. The summed E-state index contributed by atoms with van der Waals surface area (Å²) in [6, 6.07) is 0. The Hall–Kier alpha value is -0.900. The number of aliphatic hydroxyl groups excluding tert-OH is 1. The summed E-state index contributed by atoms with van der Waals surface area (Å²) in [4.78, 5) is 0. The van der Waals surface area contributed by atoms with Crippen molar-refractivity contribution in [2.45, 2.75) is 90.6 Å². The first-order valence-electron chi connectivity index (χ1n) is 12.0. The summed E-state index contributed by atoms with van der Waals surface area (Å²) in [6.07, 6.45) is 19.9. The molecule has 0 aliphatic heterocycles. The molecule has 4 heteroatoms. The maximum Gasteiger partial charge on any atom is 0.101 e. The van der Waals surface area contributed by atoms with Crippen LogP contribution in [0.2, 0.25) is 0 Å². The topological polar surface area (TPSA) is 37.3 Å². The van der Waals surface area contributed by atoms with E-state index in [1.54, 1.807) is 11.1 Å². The lowest BCUT2D eigenvalue weighted by Crippen LogP contribution is -2.30. The highest BCUT2D eigenvalue weighted by molar-refractivity contribution is 7.90. The summed E-state index contributed by atoms with van der Waals surface area (Å²) in [5.74, 6) is 1.24. The average molecular weight is 463 g/mol. The van der Waals surface area contributed by atoms with Gasteiger partial charge in [0.2, 0.25) is 0 Å². The molecule has 1 N–H and O–H groups in total. The number of hydrogen-bond donors (Lipinski definition) is 1. The minimum atomic E-state index is -1.04. The largest absolute Gasteiger partial charge is 0.393 e. The van der Waals surface area contributed by atoms with Crippen molar-refractivity contribution in [3.8, 4) is 0 Å². The number of aliphatic hydroxyl groups is 1. The molecule has 0 bridgehead atoms. The van der Waals surface area contributed by atoms with E-state index in [1.165, 1.54) is 30.4 Å². The number of hydrogen-bond acceptors (Lipinski definition) is 2. The molecule has 3 aliphatic carbocycles. The van der Waals surface area contributed by atoms with Crippen molar-refractivity contribution in [1.82, 2.24) is 0 Å². The van der Waals surface area contributed by atoms with Gasteiger partial charge in [-0.3, -0.25) is 4.21 Å². The van der Waals surface area contributed by atoms with E-state index in [0.29, 0.717) is 16.0 Å². The number of halogens is 1. The van der Waals surface area contributed by atoms with E-state index in [0.717, 1.165) is 51.4 Å². The van der Waals surface area contributed by atoms with E-state index >= 15 is 0 Å². The molecule has 172 valence electrons. The van der Waals surface area contributed by atoms with Crippen LogP contribution >= 0.6 is 11.6 Å². The minimum Gasteiger partial charge on any atom is -0.393 e. The van der Waals surface area contributed by atoms with Gasteiger partial charge in [-0.05, 0) is 81.1 Å². The predicted molar refractivity (Wildman–Crippen MR) is 134 cm³/mol. The molecule has 0 saturated heterocycles. The Morgan fingerprint density at radius 2 is 2.19 bits per heavy atom. The van der Waals surface area contributed by atoms with Crippen LogP contribution in [-0.2, 0) is 10.8 Å². The third-order valence-corrected chi connectivity index (χ3v) is 9.45. The van der Waals surface area contributed by atoms with E-state index in [2.05, 4.69) is 38.7 Å². The highest BCUT2D eigenvalue weighted by Gasteiger charge is 2.44. The second-order valence-electron chi connectivity index (χ2n) is 9.67. The van der Waals surface area contributed by atoms with E-state index in [1.807, 2.05) is 6.08 Å². The van der Waals surface area contributed by atoms with Crippen molar-refractivity contribution < 1.29 is 9.32 Å². The van der Waals surface area contributed by atoms with Gasteiger partial charge in [0.05, 0.1) is 16.9 Å². The van der Waals surface area contributed by atoms with Gasteiger partial charge in [0.15, 0.2) is 0 Å². The van der Waals surface area contributed by atoms with Gasteiger partial charge >= 0.3 is 0 Å². The molecule has 0 aromatic carbocycles. The summed E-state index contributed by atoms with van der Waals surface area (Å²) >= 11 is 6.29. The monoisotopic (exact) mass is 462 g/mol. The summed E-state index contributed by atoms with van der Waals surface area (Å²) in [7, 11) is -1.04. The van der Waals surface area contributed by atoms with Gasteiger partial charge in [0, 0.05) is 5.75 Å². The van der Waals surface area contributed by atoms with Crippen molar-refractivity contribution >= 4 is 22.4 Å². The molecule has 0 radical (unpaired) electrons. The Balaban J connectivity index is 1.64. The van der Waals surface area contributed by atoms with Crippen LogP contribution in [0.1, 0.15) is 84.5 Å². The van der Waals surface area contributed by atoms with Crippen molar-refractivity contribution in [3.05, 3.63) is 57.5 Å². The quantitative estimate of drug-likeness (QED) is 0.379. The second kappa shape index (κ2) is 11.3. The van der Waals surface area contributed by atoms with Crippen molar-refractivity contribution in [3.63, 3.8) is 0 Å². The van der Waals surface area contributed by atoms with E-state index in [9.17, 15) is 9.32 Å². The zero-order valence-electron chi connectivity index (χ0n) is 19.3. The van der Waals surface area contributed by atoms with Gasteiger partial charge in [-0.25, -0.2) is 0 Å². The molecule has 2 fully saturated rings. The average Bonchev–Trinajstić information content (AvgIpc) is 3.09. The van der Waals surface area contributed by atoms with E-state index < -0.39 is 10.8 Å². The van der Waals surface area contributed by atoms with Crippen LogP contribution in [0.5, 0.6) is 0 Å². The smallest absolute Gasteiger partial charge is 0.101 e. The molecule has 3 rings (SSSR count). The van der Waals surface area contributed by atoms with Gasteiger partial charge < -0.3 is 5.11 Å². The molecule has 0 spiro atoms. The lowest BCUT2D eigenvalue weighted by molar-refractivity contribution is 0.158. The minimum absolute atomic E-state index is 0.220. The van der Waals surface area contributed by atoms with E-state index in [-0.39, 0.29) is 11.5 Å². The fourth-order valence-corrected chi connectivity index (χ4v) is 6.89. The summed E-state index contributed by atoms with van der Waals surface area (Å²) in [5, 5.41) is 10.0. The van der Waals surface area contributed by atoms with Crippen LogP contribution in [0, 0.1) is 11.3 Å². The second-order valence-corrected chi connectivity index (χ2v) is 11.8. The highest BCUT2D eigenvalue weighted by Crippen LogP contribution is 2.55. The number of allylic oxidation sites excluding steroid dienone is 7. The molecule has 3 aliphatic rings. The normalized spacial score (nSPS) is 33.0. The summed E-state index contributed by atoms with van der Waals surface area (Å²) < 4.78 is 12.7. The highest BCUT2D eigenvalue weighted by atomic mass is 35.5. The molecule has 0 aromatic heterocycles. The molecular weight excluding hydrogens is 424 g/mol. The first-order valence-corrected chi connectivity index (χ1v) is 13.7. The maximum absolute atomic E-state index is 12.2. The van der Waals surface area contributed by atoms with E-state index in [4.69, 9.17) is 11.6 Å². The fraction of sp³-hybridized carbons (Fsp3) is 0.630. The Bertz CT molecular complexity index is 819. The van der Waals surface area contributed by atoms with Gasteiger partial charge in [0.1, 0.15) is 4.36 Å². The van der Waals surface area contributed by atoms with Gasteiger partial charge in [-0.15, -0.1) is 0 Å². The molecule has 0 heterocycles. The van der Waals surface area contributed by atoms with Gasteiger partial charge in [-0.1, -0.05) is 79.5 Å². The van der Waals surface area contributed by atoms with Gasteiger partial charge in [-0.2, -0.15) is 0 Å². The number of rotatable bonds is 8. The first kappa shape index (κ1) is 24.7. The zero-order valence-corrected chi connectivity index (χ0v) is 20.9. The number of fused-ring (bicyclic) bond motifs is 1. The van der Waals surface area contributed by atoms with Crippen LogP contribution in [-0.4, -0.2) is 21.2 Å². The Morgan fingerprint density at radius 3 is 2.97 bits per heavy atom. The lowest BCUT2D eigenvalue weighted by Gasteiger charge is -2.41. The van der Waals surface area contributed by atoms with Crippen molar-refractivity contribution in [1.29, 1.82) is 0 Å². The summed E-state index contributed by atoms with van der Waals surface area (Å²) in [5.41, 5.74) is 5.74. The van der Waals surface area contributed by atoms with Crippen LogP contribution in [0.15, 0.2) is 57.5 Å². The van der Waals surface area contributed by atoms with Crippen molar-refractivity contribution in [2.24, 2.45) is 11.3 Å². The van der Waals surface area contributed by atoms with Crippen LogP contribution in [0.25, 0.3) is 0 Å². The van der Waals surface area contributed by atoms with Crippen LogP contribution in [0.4, 0.5) is 0 Å². The molecule has 3 unspecified atom stereocenters. The number of unbranched alkanes of at least 4 members (excludes halogenated alkanes) is 1. The molecule has 4 atom stereocenters. The Kier molecular flexibility index (Phi) is 9.01. The van der Waals surface area contributed by atoms with Crippen LogP contribution in [0.3, 0.4) is 0 Å². The zero-order chi connectivity index (χ0) is 22.4. The Labute approximate surface area is 196 Å². The molecule has 0 aromatic rings. The van der Waals surface area contributed by atoms with Crippen LogP contribution < -0.4 is 0 Å². The Morgan fingerprint density at radius 1 is 1.39 bits per heavy atom. The first-order chi connectivity index (χ1) is 14.8. The SMILES string of the molecule is C=C1CC[C@H](O)C/C1=C/C=C1\CCCC2(C)C(CC/C=C(\Cl)S(=O)CCCC)=CCC12. The standard InChI is InChI=1S/C27H39ClO2S/c1-4-5-18-31(30)26(28)10-6-9-23-14-16-25-21(8-7-17-27(23,25)3)12-13-22-19-24(29)15-11-20(22)2/h10,12-14,24-25,29H,2,4-9,11,15-19H2,1,3H3/b21-12+,22-13-,26-10+/t24-,25?,27?,31?/m0/s1. The van der Waals surface area contributed by atoms with Gasteiger partial charge in [0.25, 0.3) is 0 Å². The van der Waals surface area contributed by atoms with Crippen molar-refractivity contribution in [2.75, 3.05) is 5.75 Å². The fourth-order valence-electron chi connectivity index (χ4n) is 5.50. The third-order valence-electron chi connectivity index (χ3n) is 7.52. The molecule has 0 amide bonds. The summed E-state index contributed by atoms with van der Waals surface area (Å²) in [6.45, 7) is 8.75. The predicted octanol–water partition coefficient (Wildman–Crippen LogP) is 7.49.